The van der Waals surface area contributed by atoms with Crippen molar-refractivity contribution in [3.05, 3.63) is 17.6 Å². The number of hydrogen-bond donors (Lipinski definition) is 1. The van der Waals surface area contributed by atoms with E-state index in [0.29, 0.717) is 12.4 Å². The summed E-state index contributed by atoms with van der Waals surface area (Å²) in [5.41, 5.74) is 5.97. The highest BCUT2D eigenvalue weighted by Gasteiger charge is 2.18. The van der Waals surface area contributed by atoms with Crippen molar-refractivity contribution in [2.45, 2.75) is 39.7 Å². The quantitative estimate of drug-likeness (QED) is 0.761. The fraction of sp³-hybridized carbons (Fsp3) is 0.615. The van der Waals surface area contributed by atoms with E-state index in [-0.39, 0.29) is 24.1 Å². The van der Waals surface area contributed by atoms with Crippen molar-refractivity contribution in [3.63, 3.8) is 0 Å². The second-order valence-corrected chi connectivity index (χ2v) is 3.98. The number of aromatic nitrogens is 2. The number of nitrogen functional groups attached to an aromatic ring is 1. The molecule has 0 bridgehead atoms. The molecule has 0 saturated heterocycles. The number of nitrogens with two attached hydrogens (primary N) is 1. The minimum absolute atomic E-state index is 0.129. The number of carbonyl (C=O) groups excluding carboxylic acids is 1. The lowest BCUT2D eigenvalue weighted by atomic mass is 10.2. The van der Waals surface area contributed by atoms with Gasteiger partial charge in [-0.15, -0.1) is 0 Å². The number of esters is 1. The lowest BCUT2D eigenvalue weighted by Gasteiger charge is -2.15. The van der Waals surface area contributed by atoms with Crippen LogP contribution in [0.15, 0.2) is 6.20 Å². The van der Waals surface area contributed by atoms with Gasteiger partial charge in [0.05, 0.1) is 6.61 Å². The van der Waals surface area contributed by atoms with Gasteiger partial charge in [0.25, 0.3) is 0 Å². The summed E-state index contributed by atoms with van der Waals surface area (Å²) < 4.78 is 10.4. The van der Waals surface area contributed by atoms with Crippen molar-refractivity contribution in [2.75, 3.05) is 18.9 Å². The van der Waals surface area contributed by atoms with E-state index >= 15 is 0 Å². The van der Waals surface area contributed by atoms with Crippen LogP contribution in [0.3, 0.4) is 0 Å². The smallest absolute Gasteiger partial charge is 0.343 e. The largest absolute Gasteiger partial charge is 0.462 e. The molecule has 0 aromatic carbocycles. The van der Waals surface area contributed by atoms with E-state index in [1.807, 2.05) is 6.92 Å². The number of ether oxygens (including phenoxy) is 2. The summed E-state index contributed by atoms with van der Waals surface area (Å²) in [7, 11) is 0. The van der Waals surface area contributed by atoms with E-state index in [2.05, 4.69) is 16.9 Å². The Bertz CT molecular complexity index is 418. The number of hydrogen-bond acceptors (Lipinski definition) is 6. The summed E-state index contributed by atoms with van der Waals surface area (Å²) in [6.45, 7) is 6.57. The van der Waals surface area contributed by atoms with Crippen LogP contribution in [0.1, 0.15) is 55.9 Å². The maximum Gasteiger partial charge on any atom is 0.343 e. The SMILES string of the molecule is CCCC(OCC)c1ncc(C(=O)OCC)c(N)n1. The van der Waals surface area contributed by atoms with E-state index in [1.165, 1.54) is 6.20 Å². The maximum atomic E-state index is 11.6. The van der Waals surface area contributed by atoms with Crippen LogP contribution >= 0.6 is 0 Å². The lowest BCUT2D eigenvalue weighted by molar-refractivity contribution is 0.0484. The first-order valence-electron chi connectivity index (χ1n) is 6.55. The third kappa shape index (κ3) is 4.17. The van der Waals surface area contributed by atoms with Crippen LogP contribution in [0, 0.1) is 0 Å². The van der Waals surface area contributed by atoms with Gasteiger partial charge in [0.1, 0.15) is 17.5 Å². The molecule has 1 unspecified atom stereocenters. The molecule has 1 atom stereocenters. The predicted molar refractivity (Wildman–Crippen MR) is 71.7 cm³/mol. The topological polar surface area (TPSA) is 87.3 Å². The van der Waals surface area contributed by atoms with Crippen molar-refractivity contribution < 1.29 is 14.3 Å². The third-order valence-corrected chi connectivity index (χ3v) is 2.54. The summed E-state index contributed by atoms with van der Waals surface area (Å²) in [5, 5.41) is 0. The fourth-order valence-electron chi connectivity index (χ4n) is 1.68. The molecule has 106 valence electrons. The van der Waals surface area contributed by atoms with Gasteiger partial charge in [-0.1, -0.05) is 13.3 Å². The lowest BCUT2D eigenvalue weighted by Crippen LogP contribution is -2.15. The number of nitrogens with zero attached hydrogens (tertiary/aromatic N) is 2. The summed E-state index contributed by atoms with van der Waals surface area (Å²) in [4.78, 5) is 19.9. The Balaban J connectivity index is 2.93. The van der Waals surface area contributed by atoms with E-state index < -0.39 is 5.97 Å². The van der Waals surface area contributed by atoms with Crippen molar-refractivity contribution >= 4 is 11.8 Å². The van der Waals surface area contributed by atoms with Gasteiger partial charge in [-0.2, -0.15) is 0 Å². The zero-order valence-electron chi connectivity index (χ0n) is 11.7. The minimum atomic E-state index is -0.505. The van der Waals surface area contributed by atoms with Crippen LogP contribution in [-0.2, 0) is 9.47 Å². The first-order chi connectivity index (χ1) is 9.13. The average Bonchev–Trinajstić information content (AvgIpc) is 2.38. The Morgan fingerprint density at radius 3 is 2.63 bits per heavy atom. The zero-order chi connectivity index (χ0) is 14.3. The summed E-state index contributed by atoms with van der Waals surface area (Å²) in [6, 6.07) is 0. The molecule has 1 aromatic rings. The van der Waals surface area contributed by atoms with Gasteiger partial charge in [0.2, 0.25) is 0 Å². The normalized spacial score (nSPS) is 12.2. The summed E-state index contributed by atoms with van der Waals surface area (Å²) >= 11 is 0. The van der Waals surface area contributed by atoms with Crippen molar-refractivity contribution in [1.82, 2.24) is 9.97 Å². The Morgan fingerprint density at radius 1 is 1.37 bits per heavy atom. The highest BCUT2D eigenvalue weighted by molar-refractivity contribution is 5.93. The van der Waals surface area contributed by atoms with Gasteiger partial charge in [-0.05, 0) is 20.3 Å². The standard InChI is InChI=1S/C13H21N3O3/c1-4-7-10(18-5-2)12-15-8-9(11(14)16-12)13(17)19-6-3/h8,10H,4-7H2,1-3H3,(H2,14,15,16). The molecule has 0 aliphatic rings. The Labute approximate surface area is 113 Å². The summed E-state index contributed by atoms with van der Waals surface area (Å²) in [5.74, 6) is 0.133. The molecule has 6 heteroatoms. The number of carbonyl (C=O) groups is 1. The fourth-order valence-corrected chi connectivity index (χ4v) is 1.68. The molecule has 1 aromatic heterocycles. The molecule has 19 heavy (non-hydrogen) atoms. The molecule has 0 amide bonds. The molecule has 1 heterocycles. The van der Waals surface area contributed by atoms with Gasteiger partial charge in [0, 0.05) is 12.8 Å². The van der Waals surface area contributed by atoms with Gasteiger partial charge >= 0.3 is 5.97 Å². The van der Waals surface area contributed by atoms with E-state index in [0.717, 1.165) is 12.8 Å². The molecule has 0 spiro atoms. The van der Waals surface area contributed by atoms with Crippen LogP contribution < -0.4 is 5.73 Å². The van der Waals surface area contributed by atoms with Crippen molar-refractivity contribution in [2.24, 2.45) is 0 Å². The zero-order valence-corrected chi connectivity index (χ0v) is 11.7. The maximum absolute atomic E-state index is 11.6. The van der Waals surface area contributed by atoms with Crippen molar-refractivity contribution in [3.8, 4) is 0 Å². The highest BCUT2D eigenvalue weighted by atomic mass is 16.5. The second-order valence-electron chi connectivity index (χ2n) is 3.98. The molecule has 2 N–H and O–H groups in total. The highest BCUT2D eigenvalue weighted by Crippen LogP contribution is 2.21. The van der Waals surface area contributed by atoms with E-state index in [4.69, 9.17) is 15.2 Å². The second kappa shape index (κ2) is 7.68. The molecule has 0 aliphatic carbocycles. The minimum Gasteiger partial charge on any atom is -0.462 e. The monoisotopic (exact) mass is 267 g/mol. The molecule has 0 saturated carbocycles. The average molecular weight is 267 g/mol. The van der Waals surface area contributed by atoms with E-state index in [1.54, 1.807) is 6.92 Å². The summed E-state index contributed by atoms with van der Waals surface area (Å²) in [6.07, 6.45) is 2.98. The first kappa shape index (κ1) is 15.4. The molecule has 0 fully saturated rings. The Hall–Kier alpha value is -1.69. The van der Waals surface area contributed by atoms with Gasteiger partial charge in [-0.25, -0.2) is 14.8 Å². The molecular formula is C13H21N3O3. The molecular weight excluding hydrogens is 246 g/mol. The predicted octanol–water partition coefficient (Wildman–Crippen LogP) is 2.11. The molecule has 1 rings (SSSR count). The van der Waals surface area contributed by atoms with Crippen LogP contribution in [0.2, 0.25) is 0 Å². The Morgan fingerprint density at radius 2 is 2.11 bits per heavy atom. The van der Waals surface area contributed by atoms with Crippen LogP contribution in [0.5, 0.6) is 0 Å². The van der Waals surface area contributed by atoms with Crippen LogP contribution in [0.25, 0.3) is 0 Å². The third-order valence-electron chi connectivity index (χ3n) is 2.54. The van der Waals surface area contributed by atoms with Crippen LogP contribution in [-0.4, -0.2) is 29.2 Å². The van der Waals surface area contributed by atoms with Crippen molar-refractivity contribution in [1.29, 1.82) is 0 Å². The van der Waals surface area contributed by atoms with E-state index in [9.17, 15) is 4.79 Å². The molecule has 0 aliphatic heterocycles. The van der Waals surface area contributed by atoms with Crippen LogP contribution in [0.4, 0.5) is 5.82 Å². The van der Waals surface area contributed by atoms with Gasteiger partial charge in [0.15, 0.2) is 5.82 Å². The van der Waals surface area contributed by atoms with Gasteiger partial charge < -0.3 is 15.2 Å². The number of rotatable bonds is 7. The number of anilines is 1. The first-order valence-corrected chi connectivity index (χ1v) is 6.55. The Kier molecular flexibility index (Phi) is 6.21. The van der Waals surface area contributed by atoms with Gasteiger partial charge in [-0.3, -0.25) is 0 Å². The molecule has 6 nitrogen and oxygen atoms in total. The molecule has 0 radical (unpaired) electrons.